The van der Waals surface area contributed by atoms with Gasteiger partial charge in [0.2, 0.25) is 15.9 Å². The molecule has 3 N–H and O–H groups in total. The van der Waals surface area contributed by atoms with E-state index in [4.69, 9.17) is 10.5 Å². The molecular weight excluding hydrogens is 362 g/mol. The first-order valence-electron chi connectivity index (χ1n) is 6.04. The number of carbonyl (C=O) groups excluding carboxylic acids is 1. The highest BCUT2D eigenvalue weighted by atomic mass is 79.9. The summed E-state index contributed by atoms with van der Waals surface area (Å²) in [5.74, 6) is -0.0535. The van der Waals surface area contributed by atoms with Gasteiger partial charge in [0.05, 0.1) is 7.11 Å². The number of methoxy groups -OCH3 is 1. The predicted octanol–water partition coefficient (Wildman–Crippen LogP) is 0.797. The maximum absolute atomic E-state index is 12.5. The molecule has 0 saturated carbocycles. The number of benzene rings is 1. The number of amides is 1. The first-order chi connectivity index (χ1) is 9.73. The number of halogens is 1. The average molecular weight is 380 g/mol. The van der Waals surface area contributed by atoms with Crippen molar-refractivity contribution in [1.82, 2.24) is 9.62 Å². The van der Waals surface area contributed by atoms with Crippen LogP contribution in [0.25, 0.3) is 0 Å². The van der Waals surface area contributed by atoms with Gasteiger partial charge in [-0.3, -0.25) is 4.79 Å². The van der Waals surface area contributed by atoms with Crippen molar-refractivity contribution in [3.05, 3.63) is 16.6 Å². The van der Waals surface area contributed by atoms with Crippen LogP contribution in [0.15, 0.2) is 21.5 Å². The molecule has 0 heterocycles. The van der Waals surface area contributed by atoms with E-state index in [2.05, 4.69) is 21.2 Å². The third kappa shape index (κ3) is 4.08. The van der Waals surface area contributed by atoms with Crippen molar-refractivity contribution in [2.24, 2.45) is 0 Å². The average Bonchev–Trinajstić information content (AvgIpc) is 2.46. The summed E-state index contributed by atoms with van der Waals surface area (Å²) in [4.78, 5) is 11.2. The fourth-order valence-electron chi connectivity index (χ4n) is 1.58. The van der Waals surface area contributed by atoms with E-state index in [-0.39, 0.29) is 35.2 Å². The van der Waals surface area contributed by atoms with Crippen molar-refractivity contribution < 1.29 is 17.9 Å². The molecule has 1 aromatic rings. The lowest BCUT2D eigenvalue weighted by Gasteiger charge is -2.19. The van der Waals surface area contributed by atoms with Gasteiger partial charge >= 0.3 is 0 Å². The zero-order chi connectivity index (χ0) is 16.2. The summed E-state index contributed by atoms with van der Waals surface area (Å²) in [6.07, 6.45) is 0.0700. The molecule has 0 fully saturated rings. The fraction of sp³-hybridized carbons (Fsp3) is 0.417. The SMILES string of the molecule is CNC(=O)CCN(C)S(=O)(=O)c1cc(N)c(Br)cc1OC. The number of nitrogens with zero attached hydrogens (tertiary/aromatic N) is 1. The summed E-state index contributed by atoms with van der Waals surface area (Å²) in [5.41, 5.74) is 6.02. The maximum Gasteiger partial charge on any atom is 0.246 e. The number of sulfonamides is 1. The fourth-order valence-corrected chi connectivity index (χ4v) is 3.25. The van der Waals surface area contributed by atoms with Gasteiger partial charge in [-0.05, 0) is 28.1 Å². The Bertz CT molecular complexity index is 634. The molecule has 0 spiro atoms. The molecule has 0 aliphatic heterocycles. The summed E-state index contributed by atoms with van der Waals surface area (Å²) in [6, 6.07) is 2.82. The lowest BCUT2D eigenvalue weighted by molar-refractivity contribution is -0.120. The Balaban J connectivity index is 3.12. The Hall–Kier alpha value is -1.32. The molecule has 1 amide bonds. The van der Waals surface area contributed by atoms with Crippen molar-refractivity contribution >= 4 is 37.5 Å². The molecule has 1 aromatic carbocycles. The standard InChI is InChI=1S/C12H18BrN3O4S/c1-15-12(17)4-5-16(2)21(18,19)11-7-9(14)8(13)6-10(11)20-3/h6-7H,4-5,14H2,1-3H3,(H,15,17). The van der Waals surface area contributed by atoms with Gasteiger partial charge in [0.15, 0.2) is 0 Å². The lowest BCUT2D eigenvalue weighted by atomic mass is 10.3. The van der Waals surface area contributed by atoms with Gasteiger partial charge < -0.3 is 15.8 Å². The van der Waals surface area contributed by atoms with Crippen molar-refractivity contribution in [3.8, 4) is 5.75 Å². The van der Waals surface area contributed by atoms with Gasteiger partial charge in [0, 0.05) is 37.2 Å². The largest absolute Gasteiger partial charge is 0.495 e. The second-order valence-electron chi connectivity index (χ2n) is 4.27. The van der Waals surface area contributed by atoms with E-state index in [0.717, 1.165) is 4.31 Å². The Morgan fingerprint density at radius 2 is 2.10 bits per heavy atom. The van der Waals surface area contributed by atoms with Gasteiger partial charge in [-0.15, -0.1) is 0 Å². The number of nitrogen functional groups attached to an aromatic ring is 1. The van der Waals surface area contributed by atoms with E-state index in [9.17, 15) is 13.2 Å². The second-order valence-corrected chi connectivity index (χ2v) is 7.14. The molecule has 0 saturated heterocycles. The molecule has 1 rings (SSSR count). The van der Waals surface area contributed by atoms with Crippen LogP contribution in [0.2, 0.25) is 0 Å². The minimum atomic E-state index is -3.80. The maximum atomic E-state index is 12.5. The Labute approximate surface area is 132 Å². The smallest absolute Gasteiger partial charge is 0.246 e. The van der Waals surface area contributed by atoms with E-state index in [1.165, 1.54) is 33.3 Å². The normalized spacial score (nSPS) is 11.5. The summed E-state index contributed by atoms with van der Waals surface area (Å²) < 4.78 is 31.8. The van der Waals surface area contributed by atoms with E-state index in [0.29, 0.717) is 4.47 Å². The monoisotopic (exact) mass is 379 g/mol. The number of nitrogens with one attached hydrogen (secondary N) is 1. The van der Waals surface area contributed by atoms with Crippen LogP contribution in [-0.4, -0.2) is 46.4 Å². The molecule has 118 valence electrons. The highest BCUT2D eigenvalue weighted by Gasteiger charge is 2.26. The summed E-state index contributed by atoms with van der Waals surface area (Å²) in [7, 11) is 0.473. The Morgan fingerprint density at radius 1 is 1.48 bits per heavy atom. The van der Waals surface area contributed by atoms with Crippen LogP contribution in [0.4, 0.5) is 5.69 Å². The number of hydrogen-bond donors (Lipinski definition) is 2. The van der Waals surface area contributed by atoms with Crippen molar-refractivity contribution in [3.63, 3.8) is 0 Å². The third-order valence-corrected chi connectivity index (χ3v) is 5.47. The van der Waals surface area contributed by atoms with Crippen LogP contribution in [0, 0.1) is 0 Å². The number of hydrogen-bond acceptors (Lipinski definition) is 5. The Morgan fingerprint density at radius 3 is 2.62 bits per heavy atom. The van der Waals surface area contributed by atoms with Crippen LogP contribution in [0.3, 0.4) is 0 Å². The van der Waals surface area contributed by atoms with Crippen LogP contribution in [0.1, 0.15) is 6.42 Å². The molecule has 0 bridgehead atoms. The summed E-state index contributed by atoms with van der Waals surface area (Å²) >= 11 is 3.22. The van der Waals surface area contributed by atoms with E-state index < -0.39 is 10.0 Å². The molecule has 9 heteroatoms. The van der Waals surface area contributed by atoms with Gasteiger partial charge in [0.1, 0.15) is 10.6 Å². The highest BCUT2D eigenvalue weighted by Crippen LogP contribution is 2.33. The zero-order valence-corrected chi connectivity index (χ0v) is 14.4. The van der Waals surface area contributed by atoms with Gasteiger partial charge in [-0.25, -0.2) is 12.7 Å². The number of carbonyl (C=O) groups is 1. The number of rotatable bonds is 6. The molecule has 21 heavy (non-hydrogen) atoms. The van der Waals surface area contributed by atoms with E-state index in [1.54, 1.807) is 0 Å². The molecule has 0 radical (unpaired) electrons. The zero-order valence-electron chi connectivity index (χ0n) is 12.0. The summed E-state index contributed by atoms with van der Waals surface area (Å²) in [5, 5.41) is 2.44. The first kappa shape index (κ1) is 17.7. The van der Waals surface area contributed by atoms with Gasteiger partial charge in [-0.1, -0.05) is 0 Å². The Kier molecular flexibility index (Phi) is 5.99. The van der Waals surface area contributed by atoms with E-state index in [1.807, 2.05) is 0 Å². The number of ether oxygens (including phenoxy) is 1. The second kappa shape index (κ2) is 7.10. The molecule has 0 aliphatic carbocycles. The lowest BCUT2D eigenvalue weighted by Crippen LogP contribution is -2.31. The highest BCUT2D eigenvalue weighted by molar-refractivity contribution is 9.10. The van der Waals surface area contributed by atoms with Crippen LogP contribution in [-0.2, 0) is 14.8 Å². The van der Waals surface area contributed by atoms with Crippen LogP contribution in [0.5, 0.6) is 5.75 Å². The molecule has 7 nitrogen and oxygen atoms in total. The molecular formula is C12H18BrN3O4S. The van der Waals surface area contributed by atoms with Gasteiger partial charge in [0.25, 0.3) is 0 Å². The first-order valence-corrected chi connectivity index (χ1v) is 8.27. The van der Waals surface area contributed by atoms with Crippen molar-refractivity contribution in [2.75, 3.05) is 33.5 Å². The molecule has 0 atom stereocenters. The number of nitrogens with two attached hydrogens (primary N) is 1. The summed E-state index contributed by atoms with van der Waals surface area (Å²) in [6.45, 7) is 0.0567. The predicted molar refractivity (Wildman–Crippen MR) is 83.6 cm³/mol. The topological polar surface area (TPSA) is 102 Å². The molecule has 0 aromatic heterocycles. The molecule has 0 unspecified atom stereocenters. The van der Waals surface area contributed by atoms with Crippen molar-refractivity contribution in [1.29, 1.82) is 0 Å². The quantitative estimate of drug-likeness (QED) is 0.711. The number of anilines is 1. The van der Waals surface area contributed by atoms with Crippen molar-refractivity contribution in [2.45, 2.75) is 11.3 Å². The van der Waals surface area contributed by atoms with E-state index >= 15 is 0 Å². The third-order valence-electron chi connectivity index (χ3n) is 2.90. The van der Waals surface area contributed by atoms with Gasteiger partial charge in [-0.2, -0.15) is 0 Å². The van der Waals surface area contributed by atoms with Crippen LogP contribution >= 0.6 is 15.9 Å². The molecule has 0 aliphatic rings. The minimum Gasteiger partial charge on any atom is -0.495 e. The van der Waals surface area contributed by atoms with Crippen LogP contribution < -0.4 is 15.8 Å². The minimum absolute atomic E-state index is 0.0369.